The molecule has 19 heteroatoms. The van der Waals surface area contributed by atoms with Crippen molar-refractivity contribution in [2.45, 2.75) is 318 Å². The molecule has 0 rings (SSSR count). The van der Waals surface area contributed by atoms with Gasteiger partial charge in [0.15, 0.2) is 12.2 Å². The van der Waals surface area contributed by atoms with Crippen LogP contribution in [0.4, 0.5) is 0 Å². The van der Waals surface area contributed by atoms with Crippen LogP contribution < -0.4 is 0 Å². The van der Waals surface area contributed by atoms with E-state index in [1.165, 1.54) is 96.3 Å². The zero-order valence-electron chi connectivity index (χ0n) is 53.1. The molecule has 0 spiro atoms. The van der Waals surface area contributed by atoms with Crippen molar-refractivity contribution in [2.24, 2.45) is 23.7 Å². The summed E-state index contributed by atoms with van der Waals surface area (Å²) >= 11 is 0. The average Bonchev–Trinajstić information content (AvgIpc) is 3.43. The number of phosphoric acid groups is 2. The van der Waals surface area contributed by atoms with Crippen LogP contribution in [0.1, 0.15) is 299 Å². The van der Waals surface area contributed by atoms with Crippen molar-refractivity contribution >= 4 is 39.5 Å². The van der Waals surface area contributed by atoms with Crippen molar-refractivity contribution in [1.82, 2.24) is 0 Å². The molecule has 0 aliphatic rings. The highest BCUT2D eigenvalue weighted by atomic mass is 31.2. The minimum Gasteiger partial charge on any atom is -0.462 e. The lowest BCUT2D eigenvalue weighted by Gasteiger charge is -2.21. The van der Waals surface area contributed by atoms with E-state index in [9.17, 15) is 43.2 Å². The quantitative estimate of drug-likeness (QED) is 0.0222. The number of esters is 4. The maximum atomic E-state index is 13.0. The molecule has 0 aliphatic heterocycles. The molecular formula is C63H122O17P2. The van der Waals surface area contributed by atoms with E-state index in [0.29, 0.717) is 37.5 Å². The first-order valence-corrected chi connectivity index (χ1v) is 35.7. The molecule has 0 saturated heterocycles. The number of rotatable bonds is 60. The summed E-state index contributed by atoms with van der Waals surface area (Å²) in [5, 5.41) is 10.5. The molecule has 17 nitrogen and oxygen atoms in total. The first kappa shape index (κ1) is 80.1. The van der Waals surface area contributed by atoms with E-state index in [2.05, 4.69) is 55.4 Å². The zero-order chi connectivity index (χ0) is 61.1. The molecule has 6 atom stereocenters. The van der Waals surface area contributed by atoms with Crippen LogP contribution in [0.2, 0.25) is 0 Å². The van der Waals surface area contributed by atoms with Gasteiger partial charge in [0.2, 0.25) is 0 Å². The van der Waals surface area contributed by atoms with Gasteiger partial charge in [-0.15, -0.1) is 0 Å². The number of aliphatic hydroxyl groups is 1. The molecule has 3 N–H and O–H groups in total. The van der Waals surface area contributed by atoms with Crippen LogP contribution in [0.3, 0.4) is 0 Å². The van der Waals surface area contributed by atoms with Gasteiger partial charge in [0.25, 0.3) is 0 Å². The SMILES string of the molecule is CCC(C)CCCCCCCCC(=O)O[C@H](COC(=O)CCCCCCCCCCCCCC(C)C)COP(=O)(O)OC[C@@H](O)COP(=O)(O)OC[C@@H](COC(=O)CCCCCCCCC(C)C)OC(=O)CCCCCCCCC(C)C. The Kier molecular flexibility index (Phi) is 52.0. The summed E-state index contributed by atoms with van der Waals surface area (Å²) in [5.74, 6) is 0.692. The van der Waals surface area contributed by atoms with E-state index in [0.717, 1.165) is 108 Å². The lowest BCUT2D eigenvalue weighted by atomic mass is 10.00. The molecule has 0 aromatic carbocycles. The Bertz CT molecular complexity index is 1650. The normalized spacial score (nSPS) is 14.8. The van der Waals surface area contributed by atoms with Crippen molar-refractivity contribution < 1.29 is 80.2 Å². The Morgan fingerprint density at radius 3 is 0.866 bits per heavy atom. The molecule has 3 unspecified atom stereocenters. The van der Waals surface area contributed by atoms with E-state index in [1.54, 1.807) is 0 Å². The van der Waals surface area contributed by atoms with Crippen molar-refractivity contribution in [3.05, 3.63) is 0 Å². The van der Waals surface area contributed by atoms with Crippen LogP contribution in [0, 0.1) is 23.7 Å². The summed E-state index contributed by atoms with van der Waals surface area (Å²) in [5.41, 5.74) is 0. The van der Waals surface area contributed by atoms with Gasteiger partial charge >= 0.3 is 39.5 Å². The Labute approximate surface area is 498 Å². The molecule has 0 fully saturated rings. The topological polar surface area (TPSA) is 237 Å². The number of unbranched alkanes of at least 4 members (excludes halogenated alkanes) is 25. The Morgan fingerprint density at radius 2 is 0.585 bits per heavy atom. The summed E-state index contributed by atoms with van der Waals surface area (Å²) in [6.45, 7) is 13.9. The fourth-order valence-corrected chi connectivity index (χ4v) is 10.8. The minimum atomic E-state index is -4.94. The third-order valence-corrected chi connectivity index (χ3v) is 16.6. The van der Waals surface area contributed by atoms with Gasteiger partial charge in [0.1, 0.15) is 19.3 Å². The fraction of sp³-hybridized carbons (Fsp3) is 0.937. The van der Waals surface area contributed by atoms with Gasteiger partial charge in [-0.3, -0.25) is 37.3 Å². The number of ether oxygens (including phenoxy) is 4. The van der Waals surface area contributed by atoms with Gasteiger partial charge in [0, 0.05) is 25.7 Å². The average molecular weight is 1210 g/mol. The molecule has 0 heterocycles. The maximum absolute atomic E-state index is 13.0. The number of aliphatic hydroxyl groups excluding tert-OH is 1. The highest BCUT2D eigenvalue weighted by Gasteiger charge is 2.30. The number of phosphoric ester groups is 2. The molecule has 0 aliphatic carbocycles. The highest BCUT2D eigenvalue weighted by molar-refractivity contribution is 7.47. The van der Waals surface area contributed by atoms with Crippen LogP contribution in [-0.4, -0.2) is 96.7 Å². The molecule has 0 amide bonds. The summed E-state index contributed by atoms with van der Waals surface area (Å²) in [4.78, 5) is 72.1. The molecule has 0 bridgehead atoms. The Hall–Kier alpha value is -1.94. The highest BCUT2D eigenvalue weighted by Crippen LogP contribution is 2.45. The second kappa shape index (κ2) is 53.3. The first-order chi connectivity index (χ1) is 39.1. The lowest BCUT2D eigenvalue weighted by Crippen LogP contribution is -2.30. The van der Waals surface area contributed by atoms with Crippen molar-refractivity contribution in [3.8, 4) is 0 Å². The second-order valence-electron chi connectivity index (χ2n) is 24.5. The summed E-state index contributed by atoms with van der Waals surface area (Å²) < 4.78 is 67.9. The summed E-state index contributed by atoms with van der Waals surface area (Å²) in [6, 6.07) is 0. The fourth-order valence-electron chi connectivity index (χ4n) is 9.22. The third-order valence-electron chi connectivity index (χ3n) is 14.7. The van der Waals surface area contributed by atoms with Gasteiger partial charge in [-0.2, -0.15) is 0 Å². The van der Waals surface area contributed by atoms with Gasteiger partial charge in [-0.1, -0.05) is 248 Å². The van der Waals surface area contributed by atoms with Crippen LogP contribution in [0.25, 0.3) is 0 Å². The predicted octanol–water partition coefficient (Wildman–Crippen LogP) is 17.0. The molecule has 486 valence electrons. The second-order valence-corrected chi connectivity index (χ2v) is 27.4. The van der Waals surface area contributed by atoms with E-state index >= 15 is 0 Å². The van der Waals surface area contributed by atoms with Crippen molar-refractivity contribution in [3.63, 3.8) is 0 Å². The molecule has 0 aromatic heterocycles. The van der Waals surface area contributed by atoms with Crippen LogP contribution >= 0.6 is 15.6 Å². The van der Waals surface area contributed by atoms with Gasteiger partial charge in [-0.25, -0.2) is 9.13 Å². The van der Waals surface area contributed by atoms with Gasteiger partial charge < -0.3 is 33.8 Å². The van der Waals surface area contributed by atoms with Crippen LogP contribution in [0.15, 0.2) is 0 Å². The number of hydrogen-bond donors (Lipinski definition) is 3. The largest absolute Gasteiger partial charge is 0.472 e. The number of carbonyl (C=O) groups is 4. The van der Waals surface area contributed by atoms with Gasteiger partial charge in [-0.05, 0) is 49.4 Å². The number of carbonyl (C=O) groups excluding carboxylic acids is 4. The summed E-state index contributed by atoms with van der Waals surface area (Å²) in [6.07, 6.45) is 32.5. The van der Waals surface area contributed by atoms with Crippen LogP contribution in [-0.2, 0) is 65.4 Å². The van der Waals surface area contributed by atoms with Crippen LogP contribution in [0.5, 0.6) is 0 Å². The first-order valence-electron chi connectivity index (χ1n) is 32.7. The number of hydrogen-bond acceptors (Lipinski definition) is 15. The zero-order valence-corrected chi connectivity index (χ0v) is 54.9. The molecule has 0 radical (unpaired) electrons. The molecule has 82 heavy (non-hydrogen) atoms. The standard InChI is InChI=1S/C63H122O17P2/c1-9-56(8)42-34-26-19-22-30-38-46-63(68)80-58(49-73-60(65)43-35-27-16-14-12-10-11-13-15-23-31-39-53(2)3)51-77-81(69,70)75-47-57(64)48-76-82(71,72)78-52-59(79-62(67)45-37-29-21-18-25-33-41-55(6)7)50-74-61(66)44-36-28-20-17-24-32-40-54(4)5/h53-59,64H,9-52H2,1-8H3,(H,69,70)(H,71,72)/t56?,57-,58-,59-/m1/s1. The van der Waals surface area contributed by atoms with E-state index in [4.69, 9.17) is 37.0 Å². The predicted molar refractivity (Wildman–Crippen MR) is 326 cm³/mol. The molecular weight excluding hydrogens is 1090 g/mol. The van der Waals surface area contributed by atoms with Gasteiger partial charge in [0.05, 0.1) is 26.4 Å². The van der Waals surface area contributed by atoms with E-state index in [-0.39, 0.29) is 25.7 Å². The molecule has 0 saturated carbocycles. The Balaban J connectivity index is 5.22. The minimum absolute atomic E-state index is 0.100. The monoisotopic (exact) mass is 1210 g/mol. The maximum Gasteiger partial charge on any atom is 0.472 e. The summed E-state index contributed by atoms with van der Waals surface area (Å²) in [7, 11) is -9.89. The lowest BCUT2D eigenvalue weighted by molar-refractivity contribution is -0.161. The molecule has 0 aromatic rings. The smallest absolute Gasteiger partial charge is 0.462 e. The van der Waals surface area contributed by atoms with Crippen molar-refractivity contribution in [2.75, 3.05) is 39.6 Å². The van der Waals surface area contributed by atoms with E-state index in [1.807, 2.05) is 0 Å². The van der Waals surface area contributed by atoms with Crippen molar-refractivity contribution in [1.29, 1.82) is 0 Å². The third kappa shape index (κ3) is 55.9. The van der Waals surface area contributed by atoms with E-state index < -0.39 is 97.5 Å². The Morgan fingerprint density at radius 1 is 0.341 bits per heavy atom.